The number of carbonyl (C=O) groups is 1. The number of hydrogen-bond donors (Lipinski definition) is 1. The molecule has 26 heavy (non-hydrogen) atoms. The van der Waals surface area contributed by atoms with Gasteiger partial charge in [0.15, 0.2) is 5.96 Å². The highest BCUT2D eigenvalue weighted by molar-refractivity contribution is 5.86. The fourth-order valence-corrected chi connectivity index (χ4v) is 2.96. The van der Waals surface area contributed by atoms with E-state index in [1.54, 1.807) is 6.26 Å². The first kappa shape index (κ1) is 20.3. The third-order valence-electron chi connectivity index (χ3n) is 4.61. The second-order valence-electron chi connectivity index (χ2n) is 6.57. The minimum absolute atomic E-state index is 0.113. The Morgan fingerprint density at radius 1 is 1.38 bits per heavy atom. The highest BCUT2D eigenvalue weighted by Crippen LogP contribution is 2.12. The summed E-state index contributed by atoms with van der Waals surface area (Å²) in [6, 6.07) is 3.85. The molecule has 0 aromatic carbocycles. The molecule has 0 radical (unpaired) electrons. The molecular weight excluding hydrogens is 332 g/mol. The van der Waals surface area contributed by atoms with Crippen LogP contribution in [0.25, 0.3) is 0 Å². The molecule has 2 heterocycles. The molecule has 0 saturated carbocycles. The molecule has 0 spiro atoms. The summed E-state index contributed by atoms with van der Waals surface area (Å²) in [6.45, 7) is 8.76. The van der Waals surface area contributed by atoms with Crippen LogP contribution in [0.2, 0.25) is 0 Å². The summed E-state index contributed by atoms with van der Waals surface area (Å²) in [5.41, 5.74) is 0. The molecule has 7 heteroatoms. The molecule has 1 N–H and O–H groups in total. The van der Waals surface area contributed by atoms with E-state index in [0.717, 1.165) is 50.9 Å². The molecule has 1 fully saturated rings. The van der Waals surface area contributed by atoms with Crippen LogP contribution < -0.4 is 5.32 Å². The highest BCUT2D eigenvalue weighted by Gasteiger charge is 2.18. The predicted molar refractivity (Wildman–Crippen MR) is 102 cm³/mol. The van der Waals surface area contributed by atoms with Gasteiger partial charge in [-0.25, -0.2) is 0 Å². The van der Waals surface area contributed by atoms with Gasteiger partial charge in [0.05, 0.1) is 19.4 Å². The zero-order chi connectivity index (χ0) is 18.8. The van der Waals surface area contributed by atoms with Gasteiger partial charge in [-0.15, -0.1) is 0 Å². The summed E-state index contributed by atoms with van der Waals surface area (Å²) in [6.07, 6.45) is 3.50. The molecular formula is C19H32N4O3. The predicted octanol–water partition coefficient (Wildman–Crippen LogP) is 1.60. The van der Waals surface area contributed by atoms with Crippen molar-refractivity contribution in [2.75, 3.05) is 53.0 Å². The Kier molecular flexibility index (Phi) is 8.47. The molecule has 7 nitrogen and oxygen atoms in total. The smallest absolute Gasteiger partial charge is 0.242 e. The summed E-state index contributed by atoms with van der Waals surface area (Å²) in [5, 5.41) is 3.37. The van der Waals surface area contributed by atoms with E-state index < -0.39 is 0 Å². The van der Waals surface area contributed by atoms with Gasteiger partial charge >= 0.3 is 0 Å². The van der Waals surface area contributed by atoms with E-state index in [0.29, 0.717) is 25.6 Å². The monoisotopic (exact) mass is 364 g/mol. The van der Waals surface area contributed by atoms with E-state index in [2.05, 4.69) is 5.32 Å². The standard InChI is InChI=1S/C19H32N4O3/c1-4-23(5-2)18(24)14-22(3)19(21-13-16-9-12-25-15-16)20-10-8-17-7-6-11-26-17/h6-7,11,16H,4-5,8-10,12-15H2,1-3H3,(H,20,21). The molecule has 1 amide bonds. The van der Waals surface area contributed by atoms with Crippen LogP contribution in [0.4, 0.5) is 0 Å². The number of rotatable bonds is 9. The van der Waals surface area contributed by atoms with Crippen LogP contribution in [-0.4, -0.2) is 74.7 Å². The van der Waals surface area contributed by atoms with E-state index in [4.69, 9.17) is 14.1 Å². The quantitative estimate of drug-likeness (QED) is 0.532. The number of hydrogen-bond acceptors (Lipinski definition) is 4. The molecule has 1 atom stereocenters. The van der Waals surface area contributed by atoms with E-state index in [1.165, 1.54) is 0 Å². The fourth-order valence-electron chi connectivity index (χ4n) is 2.96. The van der Waals surface area contributed by atoms with E-state index >= 15 is 0 Å². The topological polar surface area (TPSA) is 70.3 Å². The molecule has 1 aromatic heterocycles. The third-order valence-corrected chi connectivity index (χ3v) is 4.61. The number of amides is 1. The summed E-state index contributed by atoms with van der Waals surface area (Å²) < 4.78 is 10.8. The summed E-state index contributed by atoms with van der Waals surface area (Å²) in [7, 11) is 1.91. The Labute approximate surface area is 156 Å². The van der Waals surface area contributed by atoms with Crippen molar-refractivity contribution >= 4 is 11.9 Å². The number of aliphatic imine (C=N–C) groups is 1. The van der Waals surface area contributed by atoms with Gasteiger partial charge in [-0.05, 0) is 32.4 Å². The average Bonchev–Trinajstić information content (AvgIpc) is 3.32. The number of carbonyl (C=O) groups excluding carboxylic acids is 1. The first-order valence-corrected chi connectivity index (χ1v) is 9.51. The Morgan fingerprint density at radius 2 is 2.19 bits per heavy atom. The minimum atomic E-state index is 0.113. The number of ether oxygens (including phenoxy) is 1. The van der Waals surface area contributed by atoms with E-state index in [-0.39, 0.29) is 5.91 Å². The minimum Gasteiger partial charge on any atom is -0.469 e. The van der Waals surface area contributed by atoms with Crippen LogP contribution >= 0.6 is 0 Å². The van der Waals surface area contributed by atoms with Gasteiger partial charge in [0.1, 0.15) is 5.76 Å². The number of nitrogens with zero attached hydrogens (tertiary/aromatic N) is 3. The number of likely N-dealkylation sites (N-methyl/N-ethyl adjacent to an activating group) is 2. The van der Waals surface area contributed by atoms with Crippen molar-refractivity contribution in [3.63, 3.8) is 0 Å². The second kappa shape index (κ2) is 10.9. The lowest BCUT2D eigenvalue weighted by molar-refractivity contribution is -0.131. The summed E-state index contributed by atoms with van der Waals surface area (Å²) >= 11 is 0. The number of guanidine groups is 1. The van der Waals surface area contributed by atoms with Gasteiger partial charge in [0.25, 0.3) is 0 Å². The van der Waals surface area contributed by atoms with E-state index in [1.807, 2.05) is 42.8 Å². The molecule has 1 unspecified atom stereocenters. The first-order valence-electron chi connectivity index (χ1n) is 9.51. The lowest BCUT2D eigenvalue weighted by Gasteiger charge is -2.26. The lowest BCUT2D eigenvalue weighted by atomic mass is 10.1. The lowest BCUT2D eigenvalue weighted by Crippen LogP contribution is -2.46. The third kappa shape index (κ3) is 6.37. The average molecular weight is 364 g/mol. The van der Waals surface area contributed by atoms with Gasteiger partial charge in [-0.2, -0.15) is 0 Å². The largest absolute Gasteiger partial charge is 0.469 e. The summed E-state index contributed by atoms with van der Waals surface area (Å²) in [5.74, 6) is 2.26. The SMILES string of the molecule is CCN(CC)C(=O)CN(C)C(=NCC1CCOC1)NCCc1ccco1. The van der Waals surface area contributed by atoms with Crippen LogP contribution in [0.1, 0.15) is 26.0 Å². The highest BCUT2D eigenvalue weighted by atomic mass is 16.5. The van der Waals surface area contributed by atoms with Crippen molar-refractivity contribution in [2.45, 2.75) is 26.7 Å². The first-order chi connectivity index (χ1) is 12.6. The fraction of sp³-hybridized carbons (Fsp3) is 0.684. The van der Waals surface area contributed by atoms with Gasteiger partial charge in [-0.3, -0.25) is 9.79 Å². The van der Waals surface area contributed by atoms with Crippen molar-refractivity contribution in [3.8, 4) is 0 Å². The molecule has 1 aromatic rings. The van der Waals surface area contributed by atoms with Crippen molar-refractivity contribution in [2.24, 2.45) is 10.9 Å². The van der Waals surface area contributed by atoms with Crippen LogP contribution in [0.15, 0.2) is 27.8 Å². The van der Waals surface area contributed by atoms with Crippen molar-refractivity contribution in [1.29, 1.82) is 0 Å². The van der Waals surface area contributed by atoms with Gasteiger partial charge in [-0.1, -0.05) is 0 Å². The molecule has 1 saturated heterocycles. The van der Waals surface area contributed by atoms with Crippen molar-refractivity contribution in [3.05, 3.63) is 24.2 Å². The van der Waals surface area contributed by atoms with Crippen LogP contribution in [0, 0.1) is 5.92 Å². The zero-order valence-corrected chi connectivity index (χ0v) is 16.2. The zero-order valence-electron chi connectivity index (χ0n) is 16.2. The maximum atomic E-state index is 12.4. The van der Waals surface area contributed by atoms with Crippen molar-refractivity contribution in [1.82, 2.24) is 15.1 Å². The van der Waals surface area contributed by atoms with Crippen molar-refractivity contribution < 1.29 is 13.9 Å². The molecule has 146 valence electrons. The number of nitrogens with one attached hydrogen (secondary N) is 1. The van der Waals surface area contributed by atoms with Crippen LogP contribution in [-0.2, 0) is 16.0 Å². The molecule has 2 rings (SSSR count). The van der Waals surface area contributed by atoms with Crippen LogP contribution in [0.5, 0.6) is 0 Å². The summed E-state index contributed by atoms with van der Waals surface area (Å²) in [4.78, 5) is 20.9. The molecule has 0 aliphatic carbocycles. The molecule has 1 aliphatic heterocycles. The van der Waals surface area contributed by atoms with Gasteiger partial charge in [0, 0.05) is 52.2 Å². The van der Waals surface area contributed by atoms with E-state index in [9.17, 15) is 4.79 Å². The van der Waals surface area contributed by atoms with Gasteiger partial charge in [0.2, 0.25) is 5.91 Å². The molecule has 0 bridgehead atoms. The van der Waals surface area contributed by atoms with Gasteiger partial charge < -0.3 is 24.3 Å². The normalized spacial score (nSPS) is 17.3. The van der Waals surface area contributed by atoms with Crippen LogP contribution in [0.3, 0.4) is 0 Å². The maximum absolute atomic E-state index is 12.4. The Hall–Kier alpha value is -2.02. The molecule has 1 aliphatic rings. The Bertz CT molecular complexity index is 549. The maximum Gasteiger partial charge on any atom is 0.242 e. The number of furan rings is 1. The second-order valence-corrected chi connectivity index (χ2v) is 6.57. The Morgan fingerprint density at radius 3 is 2.81 bits per heavy atom. The Balaban J connectivity index is 1.93.